The van der Waals surface area contributed by atoms with Crippen molar-refractivity contribution < 1.29 is 37.2 Å². The number of rotatable bonds is 0. The third-order valence-electron chi connectivity index (χ3n) is 0. The van der Waals surface area contributed by atoms with Crippen LogP contribution in [0, 0.1) is 5.92 Å². The summed E-state index contributed by atoms with van der Waals surface area (Å²) in [7, 11) is 0. The summed E-state index contributed by atoms with van der Waals surface area (Å²) in [5.74, 6) is 1.42. The summed E-state index contributed by atoms with van der Waals surface area (Å²) in [4.78, 5) is 0. The molecule has 0 aromatic carbocycles. The van der Waals surface area contributed by atoms with Crippen molar-refractivity contribution in [1.82, 2.24) is 0 Å². The molecule has 12 N–H and O–H groups in total. The van der Waals surface area contributed by atoms with E-state index in [0.29, 0.717) is 0 Å². The normalized spacial score (nSPS) is 9.00. The molecule has 7 nitrogen and oxygen atoms in total. The Labute approximate surface area is 144 Å². The standard InChI is InChI=1S/3C4H10O.C4H9.4H2O/c3*1-4(2,3)5;1-4(2)3;;;;/h3*5H,1-3H3;1-3H3;4*1H2/q;;;+1;;;;/p+1. The average molecular weight is 353 g/mol. The fourth-order valence-corrected chi connectivity index (χ4v) is 0. The minimum Gasteiger partial charge on any atom is -0.442 e. The molecule has 0 rings (SSSR count). The highest BCUT2D eigenvalue weighted by Crippen LogP contribution is 1.94. The fourth-order valence-electron chi connectivity index (χ4n) is 0. The molecule has 0 atom stereocenters. The van der Waals surface area contributed by atoms with Gasteiger partial charge in [0.15, 0.2) is 5.60 Å². The molecule has 0 aliphatic heterocycles. The molecular formula is C16H48O7+2. The van der Waals surface area contributed by atoms with E-state index in [2.05, 4.69) is 20.8 Å². The van der Waals surface area contributed by atoms with Crippen LogP contribution >= 0.6 is 0 Å². The molecule has 0 aromatic rings. The molecule has 23 heavy (non-hydrogen) atoms. The van der Waals surface area contributed by atoms with Crippen molar-refractivity contribution in [2.45, 2.75) is 99.9 Å². The third kappa shape index (κ3) is 49300. The van der Waals surface area contributed by atoms with Gasteiger partial charge in [0, 0.05) is 20.8 Å². The second-order valence-electron chi connectivity index (χ2n) is 8.09. The first-order chi connectivity index (χ1) is 7.73. The molecule has 7 heteroatoms. The molecule has 0 radical (unpaired) electrons. The maximum Gasteiger partial charge on any atom is 0.154 e. The van der Waals surface area contributed by atoms with Gasteiger partial charge in [0.2, 0.25) is 0 Å². The molecule has 0 aromatic heterocycles. The Morgan fingerprint density at radius 1 is 0.565 bits per heavy atom. The van der Waals surface area contributed by atoms with Crippen molar-refractivity contribution in [2.24, 2.45) is 0 Å². The van der Waals surface area contributed by atoms with Crippen LogP contribution in [0.2, 0.25) is 0 Å². The van der Waals surface area contributed by atoms with E-state index in [0.717, 1.165) is 0 Å². The Balaban J connectivity index is -0.0000000206. The molecule has 0 aliphatic rings. The first kappa shape index (κ1) is 49.5. The Morgan fingerprint density at radius 3 is 0.565 bits per heavy atom. The monoisotopic (exact) mass is 352 g/mol. The van der Waals surface area contributed by atoms with Gasteiger partial charge in [-0.05, 0) is 41.5 Å². The van der Waals surface area contributed by atoms with Crippen molar-refractivity contribution in [2.75, 3.05) is 0 Å². The molecule has 0 spiro atoms. The van der Waals surface area contributed by atoms with Crippen LogP contribution in [0.1, 0.15) is 83.1 Å². The lowest BCUT2D eigenvalue weighted by Gasteiger charge is -2.04. The number of hydrogen-bond donors (Lipinski definition) is 2. The van der Waals surface area contributed by atoms with Gasteiger partial charge in [-0.1, -0.05) is 0 Å². The van der Waals surface area contributed by atoms with Gasteiger partial charge in [-0.15, -0.1) is 0 Å². The molecule has 0 heterocycles. The molecule has 0 saturated carbocycles. The van der Waals surface area contributed by atoms with E-state index in [1.807, 2.05) is 20.8 Å². The first-order valence-electron chi connectivity index (χ1n) is 6.70. The molecular weight excluding hydrogens is 304 g/mol. The van der Waals surface area contributed by atoms with Gasteiger partial charge in [0.1, 0.15) is 0 Å². The van der Waals surface area contributed by atoms with Crippen LogP contribution in [0.4, 0.5) is 0 Å². The summed E-state index contributed by atoms with van der Waals surface area (Å²) in [6, 6.07) is 0. The van der Waals surface area contributed by atoms with E-state index in [4.69, 9.17) is 15.3 Å². The molecule has 0 bridgehead atoms. The fraction of sp³-hybridized carbons (Fsp3) is 0.938. The van der Waals surface area contributed by atoms with Crippen LogP contribution in [0.15, 0.2) is 0 Å². The largest absolute Gasteiger partial charge is 0.442 e. The molecule has 0 fully saturated rings. The summed E-state index contributed by atoms with van der Waals surface area (Å²) in [5, 5.41) is 24.0. The average Bonchev–Trinajstić information content (AvgIpc) is 1.66. The summed E-state index contributed by atoms with van der Waals surface area (Å²) < 4.78 is 0. The number of aliphatic hydroxyl groups is 2. The lowest BCUT2D eigenvalue weighted by molar-refractivity contribution is 0.101. The van der Waals surface area contributed by atoms with Crippen LogP contribution in [-0.4, -0.2) is 54.0 Å². The minimum atomic E-state index is -0.500. The van der Waals surface area contributed by atoms with Crippen molar-refractivity contribution >= 4 is 0 Å². The van der Waals surface area contributed by atoms with Gasteiger partial charge >= 0.3 is 0 Å². The topological polar surface area (TPSA) is 189 Å². The lowest BCUT2D eigenvalue weighted by Crippen LogP contribution is -2.10. The molecule has 0 amide bonds. The van der Waals surface area contributed by atoms with Crippen LogP contribution in [0.25, 0.3) is 0 Å². The highest BCUT2D eigenvalue weighted by atomic mass is 16.3. The first-order valence-corrected chi connectivity index (χ1v) is 6.70. The highest BCUT2D eigenvalue weighted by molar-refractivity contribution is 4.65. The van der Waals surface area contributed by atoms with Gasteiger partial charge < -0.3 is 37.2 Å². The summed E-state index contributed by atoms with van der Waals surface area (Å²) in [6.07, 6.45) is 0. The molecule has 0 unspecified atom stereocenters. The van der Waals surface area contributed by atoms with Gasteiger partial charge in [-0.25, -0.2) is 0 Å². The summed E-state index contributed by atoms with van der Waals surface area (Å²) >= 11 is 0. The highest BCUT2D eigenvalue weighted by Gasteiger charge is 2.04. The third-order valence-corrected chi connectivity index (χ3v) is 0. The maximum absolute atomic E-state index is 8.52. The quantitative estimate of drug-likeness (QED) is 0.471. The smallest absolute Gasteiger partial charge is 0.154 e. The van der Waals surface area contributed by atoms with Crippen LogP contribution in [-0.2, 0) is 0 Å². The summed E-state index contributed by atoms with van der Waals surface area (Å²) in [5.41, 5.74) is -1.25. The van der Waals surface area contributed by atoms with Gasteiger partial charge in [0.05, 0.1) is 37.9 Å². The van der Waals surface area contributed by atoms with Crippen molar-refractivity contribution in [1.29, 1.82) is 0 Å². The second-order valence-corrected chi connectivity index (χ2v) is 8.09. The zero-order chi connectivity index (χ0) is 17.1. The lowest BCUT2D eigenvalue weighted by atomic mass is 10.2. The Bertz CT molecular complexity index is 125. The predicted molar refractivity (Wildman–Crippen MR) is 102 cm³/mol. The van der Waals surface area contributed by atoms with E-state index < -0.39 is 11.2 Å². The Morgan fingerprint density at radius 2 is 0.565 bits per heavy atom. The van der Waals surface area contributed by atoms with Crippen molar-refractivity contribution in [3.8, 4) is 0 Å². The van der Waals surface area contributed by atoms with Crippen LogP contribution in [0.3, 0.4) is 0 Å². The second kappa shape index (κ2) is 21.6. The van der Waals surface area contributed by atoms with Crippen molar-refractivity contribution in [3.63, 3.8) is 0 Å². The van der Waals surface area contributed by atoms with Gasteiger partial charge in [-0.3, -0.25) is 0 Å². The van der Waals surface area contributed by atoms with E-state index >= 15 is 0 Å². The van der Waals surface area contributed by atoms with E-state index in [9.17, 15) is 0 Å². The van der Waals surface area contributed by atoms with E-state index in [1.165, 1.54) is 5.92 Å². The maximum atomic E-state index is 8.52. The Kier molecular flexibility index (Phi) is 46.4. The van der Waals surface area contributed by atoms with E-state index in [1.54, 1.807) is 41.5 Å². The zero-order valence-electron chi connectivity index (χ0n) is 17.4. The van der Waals surface area contributed by atoms with Gasteiger partial charge in [0.25, 0.3) is 0 Å². The van der Waals surface area contributed by atoms with Crippen LogP contribution < -0.4 is 0 Å². The minimum absolute atomic E-state index is 0. The van der Waals surface area contributed by atoms with E-state index in [-0.39, 0.29) is 27.5 Å². The number of hydrogen-bond acceptors (Lipinski definition) is 2. The Hall–Kier alpha value is -0.410. The SMILES string of the molecule is CC(C)(C)O.CC(C)(C)O.CC(C)(C)[OH2+].C[C+](C)C.O.O.O.O. The van der Waals surface area contributed by atoms with Crippen LogP contribution in [0.5, 0.6) is 0 Å². The van der Waals surface area contributed by atoms with Crippen molar-refractivity contribution in [3.05, 3.63) is 5.92 Å². The summed E-state index contributed by atoms with van der Waals surface area (Å²) in [6.45, 7) is 22.3. The molecule has 0 saturated heterocycles. The molecule has 0 aliphatic carbocycles. The molecule has 152 valence electrons. The predicted octanol–water partition coefficient (Wildman–Crippen LogP) is 0.386. The zero-order valence-corrected chi connectivity index (χ0v) is 17.4. The van der Waals surface area contributed by atoms with Gasteiger partial charge in [-0.2, -0.15) is 0 Å².